The van der Waals surface area contributed by atoms with Gasteiger partial charge in [-0.15, -0.1) is 0 Å². The van der Waals surface area contributed by atoms with Crippen molar-refractivity contribution in [2.24, 2.45) is 7.05 Å². The van der Waals surface area contributed by atoms with E-state index >= 15 is 0 Å². The highest BCUT2D eigenvalue weighted by Gasteiger charge is 2.46. The zero-order valence-corrected chi connectivity index (χ0v) is 14.8. The van der Waals surface area contributed by atoms with Crippen LogP contribution in [-0.2, 0) is 7.05 Å². The number of rotatable bonds is 3. The number of likely N-dealkylation sites (tertiary alicyclic amines) is 1. The molecule has 2 bridgehead atoms. The number of nitrogens with zero attached hydrogens (tertiary/aromatic N) is 7. The molecule has 2 saturated heterocycles. The largest absolute Gasteiger partial charge is 0.348 e. The molecule has 2 atom stereocenters. The lowest BCUT2D eigenvalue weighted by Crippen LogP contribution is -2.52. The normalized spacial score (nSPS) is 21.1. The molecule has 0 aliphatic carbocycles. The maximum absolute atomic E-state index is 12.2. The van der Waals surface area contributed by atoms with E-state index in [9.17, 15) is 10.1 Å². The summed E-state index contributed by atoms with van der Waals surface area (Å²) in [5.74, 6) is 1.19. The molecule has 2 amide bonds. The molecule has 2 fully saturated rings. The fourth-order valence-electron chi connectivity index (χ4n) is 3.77. The second kappa shape index (κ2) is 6.29. The topological polar surface area (TPSA) is 103 Å². The summed E-state index contributed by atoms with van der Waals surface area (Å²) in [5.41, 5.74) is 1.27. The molecule has 0 aromatic carbocycles. The predicted octanol–water partition coefficient (Wildman–Crippen LogP) is 0.741. The average Bonchev–Trinajstić information content (AvgIpc) is 3.36. The van der Waals surface area contributed by atoms with Crippen LogP contribution in [-0.4, -0.2) is 62.4 Å². The van der Waals surface area contributed by atoms with E-state index in [4.69, 9.17) is 0 Å². The van der Waals surface area contributed by atoms with E-state index in [0.29, 0.717) is 36.8 Å². The number of anilines is 1. The van der Waals surface area contributed by atoms with Gasteiger partial charge in [-0.05, 0) is 13.3 Å². The van der Waals surface area contributed by atoms with Crippen LogP contribution in [0, 0.1) is 11.3 Å². The number of aryl methyl sites for hydroxylation is 1. The first-order chi connectivity index (χ1) is 12.6. The average molecular weight is 352 g/mol. The van der Waals surface area contributed by atoms with Gasteiger partial charge in [0.2, 0.25) is 0 Å². The predicted molar refractivity (Wildman–Crippen MR) is 94.3 cm³/mol. The highest BCUT2D eigenvalue weighted by Crippen LogP contribution is 2.35. The Balaban J connectivity index is 1.61. The van der Waals surface area contributed by atoms with Gasteiger partial charge in [0.05, 0.1) is 30.0 Å². The zero-order valence-electron chi connectivity index (χ0n) is 14.8. The molecule has 9 nitrogen and oxygen atoms in total. The SMILES string of the molecule is CCNC(=O)N1C[C@@H]2C[C@@H]1CN2c1nc(-c2cnn(C)c2)ncc1C#N. The molecular formula is C17H20N8O. The van der Waals surface area contributed by atoms with Crippen molar-refractivity contribution < 1.29 is 4.79 Å². The molecule has 0 radical (unpaired) electrons. The Hall–Kier alpha value is -3.15. The third kappa shape index (κ3) is 2.63. The van der Waals surface area contributed by atoms with Gasteiger partial charge in [-0.3, -0.25) is 4.68 Å². The number of urea groups is 1. The first-order valence-corrected chi connectivity index (χ1v) is 8.68. The number of nitrogens with one attached hydrogen (secondary N) is 1. The summed E-state index contributed by atoms with van der Waals surface area (Å²) >= 11 is 0. The van der Waals surface area contributed by atoms with Crippen LogP contribution in [0.1, 0.15) is 18.9 Å². The monoisotopic (exact) mass is 352 g/mol. The van der Waals surface area contributed by atoms with Crippen LogP contribution in [0.25, 0.3) is 11.4 Å². The summed E-state index contributed by atoms with van der Waals surface area (Å²) in [6, 6.07) is 2.50. The Morgan fingerprint density at radius 1 is 1.38 bits per heavy atom. The minimum atomic E-state index is -0.0149. The molecule has 4 heterocycles. The lowest BCUT2D eigenvalue weighted by atomic mass is 10.2. The third-order valence-electron chi connectivity index (χ3n) is 4.95. The van der Waals surface area contributed by atoms with Crippen molar-refractivity contribution in [2.75, 3.05) is 24.5 Å². The minimum absolute atomic E-state index is 0.0149. The Morgan fingerprint density at radius 3 is 2.85 bits per heavy atom. The van der Waals surface area contributed by atoms with Gasteiger partial charge < -0.3 is 15.1 Å². The number of amides is 2. The van der Waals surface area contributed by atoms with Crippen molar-refractivity contribution >= 4 is 11.8 Å². The lowest BCUT2D eigenvalue weighted by Gasteiger charge is -2.35. The van der Waals surface area contributed by atoms with Crippen molar-refractivity contribution in [3.8, 4) is 17.5 Å². The number of carbonyl (C=O) groups excluding carboxylic acids is 1. The second-order valence-electron chi connectivity index (χ2n) is 6.63. The van der Waals surface area contributed by atoms with Gasteiger partial charge in [-0.25, -0.2) is 14.8 Å². The highest BCUT2D eigenvalue weighted by atomic mass is 16.2. The first-order valence-electron chi connectivity index (χ1n) is 8.68. The summed E-state index contributed by atoms with van der Waals surface area (Å²) in [4.78, 5) is 25.1. The maximum Gasteiger partial charge on any atom is 0.317 e. The fourth-order valence-corrected chi connectivity index (χ4v) is 3.77. The van der Waals surface area contributed by atoms with E-state index in [1.165, 1.54) is 0 Å². The molecule has 134 valence electrons. The van der Waals surface area contributed by atoms with Gasteiger partial charge in [0, 0.05) is 32.9 Å². The Labute approximate surface area is 151 Å². The smallest absolute Gasteiger partial charge is 0.317 e. The van der Waals surface area contributed by atoms with Gasteiger partial charge in [-0.2, -0.15) is 10.4 Å². The molecule has 2 aromatic heterocycles. The van der Waals surface area contributed by atoms with Crippen LogP contribution in [0.4, 0.5) is 10.6 Å². The Bertz CT molecular complexity index is 885. The first kappa shape index (κ1) is 16.3. The molecule has 2 aromatic rings. The van der Waals surface area contributed by atoms with Crippen molar-refractivity contribution in [1.29, 1.82) is 5.26 Å². The summed E-state index contributed by atoms with van der Waals surface area (Å²) in [6.45, 7) is 3.86. The van der Waals surface area contributed by atoms with Gasteiger partial charge in [0.1, 0.15) is 11.6 Å². The molecule has 0 unspecified atom stereocenters. The van der Waals surface area contributed by atoms with Crippen LogP contribution >= 0.6 is 0 Å². The molecule has 0 spiro atoms. The molecular weight excluding hydrogens is 332 g/mol. The van der Waals surface area contributed by atoms with Gasteiger partial charge >= 0.3 is 6.03 Å². The number of nitriles is 1. The Morgan fingerprint density at radius 2 is 2.23 bits per heavy atom. The van der Waals surface area contributed by atoms with Gasteiger partial charge in [0.25, 0.3) is 0 Å². The molecule has 1 N–H and O–H groups in total. The summed E-state index contributed by atoms with van der Waals surface area (Å²) < 4.78 is 1.69. The fraction of sp³-hybridized carbons (Fsp3) is 0.471. The molecule has 26 heavy (non-hydrogen) atoms. The summed E-state index contributed by atoms with van der Waals surface area (Å²) in [7, 11) is 1.84. The van der Waals surface area contributed by atoms with Crippen molar-refractivity contribution in [3.63, 3.8) is 0 Å². The van der Waals surface area contributed by atoms with E-state index in [1.807, 2.05) is 25.1 Å². The van der Waals surface area contributed by atoms with Crippen molar-refractivity contribution in [2.45, 2.75) is 25.4 Å². The highest BCUT2D eigenvalue weighted by molar-refractivity contribution is 5.76. The molecule has 2 aliphatic rings. The van der Waals surface area contributed by atoms with Crippen LogP contribution in [0.2, 0.25) is 0 Å². The van der Waals surface area contributed by atoms with Gasteiger partial charge in [-0.1, -0.05) is 0 Å². The number of hydrogen-bond donors (Lipinski definition) is 1. The Kier molecular flexibility index (Phi) is 3.95. The third-order valence-corrected chi connectivity index (χ3v) is 4.95. The number of piperazine rings is 1. The number of fused-ring (bicyclic) bond motifs is 2. The van der Waals surface area contributed by atoms with Crippen LogP contribution in [0.3, 0.4) is 0 Å². The van der Waals surface area contributed by atoms with E-state index in [2.05, 4.69) is 31.4 Å². The van der Waals surface area contributed by atoms with E-state index < -0.39 is 0 Å². The molecule has 0 saturated carbocycles. The number of carbonyl (C=O) groups is 1. The van der Waals surface area contributed by atoms with Crippen LogP contribution < -0.4 is 10.2 Å². The standard InChI is InChI=1S/C17H20N8O/c1-3-19-17(26)25-10-13-4-14(25)9-24(13)16-11(5-18)6-20-15(22-16)12-7-21-23(2)8-12/h6-8,13-14H,3-4,9-10H2,1-2H3,(H,19,26)/t13-,14+/m0/s1. The lowest BCUT2D eigenvalue weighted by molar-refractivity contribution is 0.189. The molecule has 4 rings (SSSR count). The van der Waals surface area contributed by atoms with E-state index in [1.54, 1.807) is 17.1 Å². The molecule has 2 aliphatic heterocycles. The van der Waals surface area contributed by atoms with E-state index in [-0.39, 0.29) is 18.1 Å². The van der Waals surface area contributed by atoms with Gasteiger partial charge in [0.15, 0.2) is 11.6 Å². The molecule has 9 heteroatoms. The van der Waals surface area contributed by atoms with Crippen molar-refractivity contribution in [1.82, 2.24) is 30.0 Å². The van der Waals surface area contributed by atoms with Crippen LogP contribution in [0.15, 0.2) is 18.6 Å². The van der Waals surface area contributed by atoms with E-state index in [0.717, 1.165) is 12.0 Å². The number of hydrogen-bond acceptors (Lipinski definition) is 6. The van der Waals surface area contributed by atoms with Crippen molar-refractivity contribution in [3.05, 3.63) is 24.2 Å². The number of aromatic nitrogens is 4. The second-order valence-corrected chi connectivity index (χ2v) is 6.63. The zero-order chi connectivity index (χ0) is 18.3. The summed E-state index contributed by atoms with van der Waals surface area (Å²) in [5, 5.41) is 16.5. The van der Waals surface area contributed by atoms with Crippen LogP contribution in [0.5, 0.6) is 0 Å². The minimum Gasteiger partial charge on any atom is -0.348 e. The maximum atomic E-state index is 12.2. The summed E-state index contributed by atoms with van der Waals surface area (Å²) in [6.07, 6.45) is 6.02. The quantitative estimate of drug-likeness (QED) is 0.874.